The van der Waals surface area contributed by atoms with Gasteiger partial charge >= 0.3 is 0 Å². The third-order valence-electron chi connectivity index (χ3n) is 4.03. The molecule has 0 aromatic heterocycles. The van der Waals surface area contributed by atoms with Gasteiger partial charge in [-0.1, -0.05) is 37.3 Å². The molecule has 1 fully saturated rings. The van der Waals surface area contributed by atoms with Gasteiger partial charge in [0.15, 0.2) is 0 Å². The molecule has 0 radical (unpaired) electrons. The molecule has 1 amide bonds. The summed E-state index contributed by atoms with van der Waals surface area (Å²) >= 11 is 0. The van der Waals surface area contributed by atoms with E-state index in [1.54, 1.807) is 0 Å². The van der Waals surface area contributed by atoms with Crippen LogP contribution in [0.5, 0.6) is 0 Å². The molecule has 2 heteroatoms. The van der Waals surface area contributed by atoms with Crippen molar-refractivity contribution < 1.29 is 4.79 Å². The standard InChI is InChI=1S/C17H25NO/c1-5-15-12-14(11-13-9-7-6-8-10-13)16(19)18(15)17(2,3)4/h6-10,14-15H,5,11-12H2,1-4H3/t14-,15+/m0/s1. The van der Waals surface area contributed by atoms with Crippen LogP contribution < -0.4 is 0 Å². The van der Waals surface area contributed by atoms with Crippen LogP contribution in [0.15, 0.2) is 30.3 Å². The molecule has 104 valence electrons. The highest BCUT2D eigenvalue weighted by atomic mass is 16.2. The summed E-state index contributed by atoms with van der Waals surface area (Å²) < 4.78 is 0. The zero-order chi connectivity index (χ0) is 14.0. The van der Waals surface area contributed by atoms with Crippen molar-refractivity contribution in [2.45, 2.75) is 58.5 Å². The Morgan fingerprint density at radius 3 is 2.32 bits per heavy atom. The van der Waals surface area contributed by atoms with Crippen molar-refractivity contribution in [2.24, 2.45) is 5.92 Å². The van der Waals surface area contributed by atoms with E-state index in [-0.39, 0.29) is 11.5 Å². The number of carbonyl (C=O) groups excluding carboxylic acids is 1. The molecule has 2 atom stereocenters. The Morgan fingerprint density at radius 2 is 1.84 bits per heavy atom. The minimum atomic E-state index is -0.0663. The molecule has 2 rings (SSSR count). The molecule has 0 unspecified atom stereocenters. The van der Waals surface area contributed by atoms with E-state index >= 15 is 0 Å². The van der Waals surface area contributed by atoms with Crippen molar-refractivity contribution in [1.82, 2.24) is 4.90 Å². The predicted molar refractivity (Wildman–Crippen MR) is 78.9 cm³/mol. The largest absolute Gasteiger partial charge is 0.335 e. The minimum absolute atomic E-state index is 0.0663. The van der Waals surface area contributed by atoms with E-state index in [4.69, 9.17) is 0 Å². The van der Waals surface area contributed by atoms with Gasteiger partial charge in [0.25, 0.3) is 0 Å². The number of carbonyl (C=O) groups is 1. The fraction of sp³-hybridized carbons (Fsp3) is 0.588. The van der Waals surface area contributed by atoms with Crippen LogP contribution >= 0.6 is 0 Å². The molecule has 1 saturated heterocycles. The topological polar surface area (TPSA) is 20.3 Å². The average molecular weight is 259 g/mol. The third kappa shape index (κ3) is 2.99. The van der Waals surface area contributed by atoms with Crippen molar-refractivity contribution in [3.63, 3.8) is 0 Å². The van der Waals surface area contributed by atoms with Crippen LogP contribution in [0.3, 0.4) is 0 Å². The van der Waals surface area contributed by atoms with Gasteiger partial charge in [-0.15, -0.1) is 0 Å². The van der Waals surface area contributed by atoms with E-state index < -0.39 is 0 Å². The Balaban J connectivity index is 2.15. The lowest BCUT2D eigenvalue weighted by molar-refractivity contribution is -0.136. The van der Waals surface area contributed by atoms with Gasteiger partial charge in [-0.3, -0.25) is 4.79 Å². The summed E-state index contributed by atoms with van der Waals surface area (Å²) in [6.45, 7) is 8.59. The highest BCUT2D eigenvalue weighted by Crippen LogP contribution is 2.34. The Kier molecular flexibility index (Phi) is 3.98. The zero-order valence-corrected chi connectivity index (χ0v) is 12.5. The van der Waals surface area contributed by atoms with E-state index in [0.29, 0.717) is 11.9 Å². The van der Waals surface area contributed by atoms with Gasteiger partial charge < -0.3 is 4.90 Å². The second-order valence-corrected chi connectivity index (χ2v) is 6.56. The molecule has 2 nitrogen and oxygen atoms in total. The summed E-state index contributed by atoms with van der Waals surface area (Å²) in [7, 11) is 0. The fourth-order valence-electron chi connectivity index (χ4n) is 3.21. The first kappa shape index (κ1) is 14.1. The summed E-state index contributed by atoms with van der Waals surface area (Å²) in [6.07, 6.45) is 2.93. The van der Waals surface area contributed by atoms with Gasteiger partial charge in [0.1, 0.15) is 0 Å². The number of hydrogen-bond acceptors (Lipinski definition) is 1. The van der Waals surface area contributed by atoms with Crippen LogP contribution in [-0.2, 0) is 11.2 Å². The SMILES string of the molecule is CC[C@@H]1C[C@H](Cc2ccccc2)C(=O)N1C(C)(C)C. The molecular formula is C17H25NO. The van der Waals surface area contributed by atoms with Gasteiger partial charge in [-0.05, 0) is 45.6 Å². The van der Waals surface area contributed by atoms with Crippen LogP contribution in [0, 0.1) is 5.92 Å². The molecule has 1 aliphatic heterocycles. The van der Waals surface area contributed by atoms with Gasteiger partial charge in [0, 0.05) is 17.5 Å². The highest BCUT2D eigenvalue weighted by Gasteiger charge is 2.43. The number of benzene rings is 1. The summed E-state index contributed by atoms with van der Waals surface area (Å²) in [5.41, 5.74) is 1.20. The molecule has 1 aliphatic rings. The lowest BCUT2D eigenvalue weighted by Crippen LogP contribution is -2.47. The molecule has 1 aromatic rings. The van der Waals surface area contributed by atoms with E-state index in [2.05, 4.69) is 44.7 Å². The van der Waals surface area contributed by atoms with Crippen LogP contribution in [0.2, 0.25) is 0 Å². The molecule has 0 aliphatic carbocycles. The van der Waals surface area contributed by atoms with E-state index in [0.717, 1.165) is 19.3 Å². The number of amides is 1. The lowest BCUT2D eigenvalue weighted by Gasteiger charge is -2.37. The van der Waals surface area contributed by atoms with Gasteiger partial charge in [-0.2, -0.15) is 0 Å². The van der Waals surface area contributed by atoms with Crippen LogP contribution in [0.1, 0.15) is 46.1 Å². The first-order valence-electron chi connectivity index (χ1n) is 7.30. The quantitative estimate of drug-likeness (QED) is 0.811. The Hall–Kier alpha value is -1.31. The summed E-state index contributed by atoms with van der Waals surface area (Å²) in [5.74, 6) is 0.495. The molecular weight excluding hydrogens is 234 g/mol. The first-order chi connectivity index (χ1) is 8.93. The van der Waals surface area contributed by atoms with Crippen molar-refractivity contribution in [2.75, 3.05) is 0 Å². The number of hydrogen-bond donors (Lipinski definition) is 0. The van der Waals surface area contributed by atoms with Gasteiger partial charge in [0.2, 0.25) is 5.91 Å². The maximum Gasteiger partial charge on any atom is 0.226 e. The van der Waals surface area contributed by atoms with E-state index in [1.807, 2.05) is 18.2 Å². The van der Waals surface area contributed by atoms with E-state index in [1.165, 1.54) is 5.56 Å². The minimum Gasteiger partial charge on any atom is -0.335 e. The lowest BCUT2D eigenvalue weighted by atomic mass is 9.96. The van der Waals surface area contributed by atoms with Crippen LogP contribution in [-0.4, -0.2) is 22.4 Å². The second-order valence-electron chi connectivity index (χ2n) is 6.56. The zero-order valence-electron chi connectivity index (χ0n) is 12.5. The number of rotatable bonds is 3. The summed E-state index contributed by atoms with van der Waals surface area (Å²) in [5, 5.41) is 0. The normalized spacial score (nSPS) is 24.0. The number of nitrogens with zero attached hydrogens (tertiary/aromatic N) is 1. The highest BCUT2D eigenvalue weighted by molar-refractivity contribution is 5.82. The third-order valence-corrected chi connectivity index (χ3v) is 4.03. The molecule has 0 saturated carbocycles. The maximum absolute atomic E-state index is 12.7. The van der Waals surface area contributed by atoms with Crippen molar-refractivity contribution in [1.29, 1.82) is 0 Å². The van der Waals surface area contributed by atoms with Gasteiger partial charge in [0.05, 0.1) is 0 Å². The summed E-state index contributed by atoms with van der Waals surface area (Å²) in [6, 6.07) is 10.8. The smallest absolute Gasteiger partial charge is 0.226 e. The second kappa shape index (κ2) is 5.36. The van der Waals surface area contributed by atoms with Crippen LogP contribution in [0.4, 0.5) is 0 Å². The van der Waals surface area contributed by atoms with Gasteiger partial charge in [-0.25, -0.2) is 0 Å². The Morgan fingerprint density at radius 1 is 1.21 bits per heavy atom. The first-order valence-corrected chi connectivity index (χ1v) is 7.30. The molecule has 19 heavy (non-hydrogen) atoms. The monoisotopic (exact) mass is 259 g/mol. The Bertz CT molecular complexity index is 432. The predicted octanol–water partition coefficient (Wildman–Crippen LogP) is 3.65. The fourth-order valence-corrected chi connectivity index (χ4v) is 3.21. The molecule has 0 bridgehead atoms. The average Bonchev–Trinajstić information content (AvgIpc) is 2.67. The molecule has 0 spiro atoms. The molecule has 1 heterocycles. The van der Waals surface area contributed by atoms with Crippen molar-refractivity contribution >= 4 is 5.91 Å². The number of likely N-dealkylation sites (tertiary alicyclic amines) is 1. The van der Waals surface area contributed by atoms with Crippen molar-refractivity contribution in [3.8, 4) is 0 Å². The Labute approximate surface area is 116 Å². The van der Waals surface area contributed by atoms with E-state index in [9.17, 15) is 4.79 Å². The molecule has 0 N–H and O–H groups in total. The maximum atomic E-state index is 12.7. The van der Waals surface area contributed by atoms with Crippen molar-refractivity contribution in [3.05, 3.63) is 35.9 Å². The summed E-state index contributed by atoms with van der Waals surface area (Å²) in [4.78, 5) is 14.8. The molecule has 1 aromatic carbocycles. The van der Waals surface area contributed by atoms with Crippen LogP contribution in [0.25, 0.3) is 0 Å².